The van der Waals surface area contributed by atoms with Crippen LogP contribution >= 0.6 is 11.3 Å². The molecule has 8 nitrogen and oxygen atoms in total. The van der Waals surface area contributed by atoms with Crippen molar-refractivity contribution in [3.05, 3.63) is 51.7 Å². The van der Waals surface area contributed by atoms with Gasteiger partial charge in [-0.2, -0.15) is 0 Å². The lowest BCUT2D eigenvalue weighted by Crippen LogP contribution is -2.48. The highest BCUT2D eigenvalue weighted by Gasteiger charge is 2.24. The molecule has 3 aromatic rings. The predicted octanol–water partition coefficient (Wildman–Crippen LogP) is 3.66. The molecule has 0 bridgehead atoms. The zero-order valence-electron chi connectivity index (χ0n) is 17.2. The highest BCUT2D eigenvalue weighted by atomic mass is 32.1. The minimum absolute atomic E-state index is 0.0727. The Labute approximate surface area is 178 Å². The molecule has 1 saturated heterocycles. The number of fused-ring (bicyclic) bond motifs is 1. The number of imidazole rings is 1. The van der Waals surface area contributed by atoms with E-state index >= 15 is 0 Å². The van der Waals surface area contributed by atoms with E-state index in [1.165, 1.54) is 12.1 Å². The molecule has 0 aliphatic carbocycles. The summed E-state index contributed by atoms with van der Waals surface area (Å²) in [7, 11) is 0. The number of carbonyl (C=O) groups excluding carboxylic acids is 1. The molecule has 9 heteroatoms. The molecule has 158 valence electrons. The third-order valence-corrected chi connectivity index (χ3v) is 6.15. The summed E-state index contributed by atoms with van der Waals surface area (Å²) in [5.74, 6) is 0.610. The molecule has 0 spiro atoms. The van der Waals surface area contributed by atoms with Crippen molar-refractivity contribution in [3.8, 4) is 11.3 Å². The van der Waals surface area contributed by atoms with Crippen molar-refractivity contribution in [2.75, 3.05) is 26.2 Å². The van der Waals surface area contributed by atoms with E-state index in [0.717, 1.165) is 54.6 Å². The van der Waals surface area contributed by atoms with E-state index in [2.05, 4.69) is 23.1 Å². The van der Waals surface area contributed by atoms with Crippen LogP contribution in [0.3, 0.4) is 0 Å². The van der Waals surface area contributed by atoms with Crippen LogP contribution in [0.4, 0.5) is 5.69 Å². The van der Waals surface area contributed by atoms with Crippen LogP contribution in [0, 0.1) is 16.0 Å². The van der Waals surface area contributed by atoms with Crippen molar-refractivity contribution in [1.29, 1.82) is 0 Å². The summed E-state index contributed by atoms with van der Waals surface area (Å²) in [6, 6.07) is 6.56. The maximum atomic E-state index is 12.3. The first-order valence-electron chi connectivity index (χ1n) is 10.1. The summed E-state index contributed by atoms with van der Waals surface area (Å²) in [4.78, 5) is 32.9. The Bertz CT molecular complexity index is 1050. The SMILES string of the molecule is CC(C)CC(=O)N1CCN(Cc2c(-c3ccc([N+](=O)[O-])cc3)nc3sccn23)CC1. The maximum absolute atomic E-state index is 12.3. The van der Waals surface area contributed by atoms with Crippen LogP contribution in [0.1, 0.15) is 26.0 Å². The zero-order chi connectivity index (χ0) is 21.3. The lowest BCUT2D eigenvalue weighted by molar-refractivity contribution is -0.384. The normalized spacial score (nSPS) is 15.2. The number of thiazole rings is 1. The smallest absolute Gasteiger partial charge is 0.269 e. The number of nitrogens with zero attached hydrogens (tertiary/aromatic N) is 5. The quantitative estimate of drug-likeness (QED) is 0.443. The number of benzene rings is 1. The van der Waals surface area contributed by atoms with Crippen LogP contribution in [0.15, 0.2) is 35.8 Å². The van der Waals surface area contributed by atoms with Gasteiger partial charge >= 0.3 is 0 Å². The lowest BCUT2D eigenvalue weighted by Gasteiger charge is -2.35. The molecule has 0 N–H and O–H groups in total. The van der Waals surface area contributed by atoms with E-state index in [-0.39, 0.29) is 11.6 Å². The fourth-order valence-corrected chi connectivity index (χ4v) is 4.53. The molecule has 0 unspecified atom stereocenters. The number of nitro benzene ring substituents is 1. The third kappa shape index (κ3) is 4.22. The van der Waals surface area contributed by atoms with Crippen molar-refractivity contribution in [2.45, 2.75) is 26.8 Å². The van der Waals surface area contributed by atoms with E-state index in [1.807, 2.05) is 16.5 Å². The molecule has 1 amide bonds. The van der Waals surface area contributed by atoms with Crippen molar-refractivity contribution in [3.63, 3.8) is 0 Å². The molecule has 0 atom stereocenters. The van der Waals surface area contributed by atoms with Crippen LogP contribution < -0.4 is 0 Å². The Morgan fingerprint density at radius 1 is 1.20 bits per heavy atom. The Balaban J connectivity index is 1.52. The van der Waals surface area contributed by atoms with Crippen LogP contribution in [0.2, 0.25) is 0 Å². The molecule has 1 fully saturated rings. The Kier molecular flexibility index (Phi) is 5.83. The molecular formula is C21H25N5O3S. The van der Waals surface area contributed by atoms with Gasteiger partial charge in [0.15, 0.2) is 4.96 Å². The van der Waals surface area contributed by atoms with Gasteiger partial charge in [0.05, 0.1) is 16.3 Å². The molecule has 0 saturated carbocycles. The minimum atomic E-state index is -0.392. The fourth-order valence-electron chi connectivity index (χ4n) is 3.80. The van der Waals surface area contributed by atoms with E-state index in [0.29, 0.717) is 12.3 Å². The average molecular weight is 428 g/mol. The second-order valence-corrected chi connectivity index (χ2v) is 8.89. The second kappa shape index (κ2) is 8.53. The first-order valence-corrected chi connectivity index (χ1v) is 11.0. The summed E-state index contributed by atoms with van der Waals surface area (Å²) >= 11 is 1.57. The number of carbonyl (C=O) groups is 1. The first-order chi connectivity index (χ1) is 14.4. The number of rotatable bonds is 6. The summed E-state index contributed by atoms with van der Waals surface area (Å²) in [6.45, 7) is 7.98. The second-order valence-electron chi connectivity index (χ2n) is 8.02. The molecule has 30 heavy (non-hydrogen) atoms. The topological polar surface area (TPSA) is 84.0 Å². The predicted molar refractivity (Wildman–Crippen MR) is 116 cm³/mol. The van der Waals surface area contributed by atoms with Gasteiger partial charge in [0.25, 0.3) is 5.69 Å². The highest BCUT2D eigenvalue weighted by Crippen LogP contribution is 2.29. The van der Waals surface area contributed by atoms with Crippen LogP contribution in [0.5, 0.6) is 0 Å². The van der Waals surface area contributed by atoms with Crippen molar-refractivity contribution < 1.29 is 9.72 Å². The Morgan fingerprint density at radius 3 is 2.53 bits per heavy atom. The number of hydrogen-bond acceptors (Lipinski definition) is 6. The monoisotopic (exact) mass is 427 g/mol. The van der Waals surface area contributed by atoms with Gasteiger partial charge in [-0.15, -0.1) is 11.3 Å². The number of nitro groups is 1. The van der Waals surface area contributed by atoms with Gasteiger partial charge in [-0.05, 0) is 18.1 Å². The van der Waals surface area contributed by atoms with E-state index in [9.17, 15) is 14.9 Å². The number of aromatic nitrogens is 2. The molecule has 2 aromatic heterocycles. The number of hydrogen-bond donors (Lipinski definition) is 0. The van der Waals surface area contributed by atoms with Crippen LogP contribution in [-0.4, -0.2) is 56.2 Å². The Hall–Kier alpha value is -2.78. The number of amides is 1. The van der Waals surface area contributed by atoms with Gasteiger partial charge in [-0.25, -0.2) is 4.98 Å². The summed E-state index contributed by atoms with van der Waals surface area (Å²) in [5, 5.41) is 13.0. The maximum Gasteiger partial charge on any atom is 0.269 e. The van der Waals surface area contributed by atoms with E-state index in [4.69, 9.17) is 4.98 Å². The van der Waals surface area contributed by atoms with Crippen LogP contribution in [-0.2, 0) is 11.3 Å². The highest BCUT2D eigenvalue weighted by molar-refractivity contribution is 7.15. The minimum Gasteiger partial charge on any atom is -0.340 e. The zero-order valence-corrected chi connectivity index (χ0v) is 18.0. The number of non-ortho nitro benzene ring substituents is 1. The molecule has 4 rings (SSSR count). The first kappa shape index (κ1) is 20.5. The molecule has 1 aliphatic heterocycles. The molecule has 1 aliphatic rings. The molecule has 0 radical (unpaired) electrons. The van der Waals surface area contributed by atoms with Gasteiger partial charge in [-0.3, -0.25) is 24.2 Å². The van der Waals surface area contributed by atoms with Gasteiger partial charge in [0.1, 0.15) is 0 Å². The summed E-state index contributed by atoms with van der Waals surface area (Å²) in [6.07, 6.45) is 2.61. The van der Waals surface area contributed by atoms with Crippen molar-refractivity contribution >= 4 is 27.9 Å². The standard InChI is InChI=1S/C21H25N5O3S/c1-15(2)13-19(27)24-9-7-23(8-10-24)14-18-20(22-21-25(18)11-12-30-21)16-3-5-17(6-4-16)26(28)29/h3-6,11-12,15H,7-10,13-14H2,1-2H3. The summed E-state index contributed by atoms with van der Waals surface area (Å²) in [5.41, 5.74) is 2.87. The Morgan fingerprint density at radius 2 is 1.90 bits per heavy atom. The van der Waals surface area contributed by atoms with E-state index in [1.54, 1.807) is 23.5 Å². The van der Waals surface area contributed by atoms with Crippen LogP contribution in [0.25, 0.3) is 16.2 Å². The van der Waals surface area contributed by atoms with Gasteiger partial charge in [-0.1, -0.05) is 13.8 Å². The van der Waals surface area contributed by atoms with Crippen molar-refractivity contribution in [1.82, 2.24) is 19.2 Å². The summed E-state index contributed by atoms with van der Waals surface area (Å²) < 4.78 is 2.09. The third-order valence-electron chi connectivity index (χ3n) is 5.39. The van der Waals surface area contributed by atoms with E-state index < -0.39 is 4.92 Å². The largest absolute Gasteiger partial charge is 0.340 e. The molecular weight excluding hydrogens is 402 g/mol. The fraction of sp³-hybridized carbons (Fsp3) is 0.429. The van der Waals surface area contributed by atoms with Crippen molar-refractivity contribution in [2.24, 2.45) is 5.92 Å². The lowest BCUT2D eigenvalue weighted by atomic mass is 10.1. The van der Waals surface area contributed by atoms with Gasteiger partial charge < -0.3 is 4.90 Å². The molecule has 1 aromatic carbocycles. The number of piperazine rings is 1. The van der Waals surface area contributed by atoms with Gasteiger partial charge in [0, 0.05) is 68.4 Å². The molecule has 3 heterocycles. The average Bonchev–Trinajstić information content (AvgIpc) is 3.31. The van der Waals surface area contributed by atoms with Gasteiger partial charge in [0.2, 0.25) is 5.91 Å².